The minimum absolute atomic E-state index is 0.346. The summed E-state index contributed by atoms with van der Waals surface area (Å²) in [6.45, 7) is 10.9. The SMILES string of the molecule is C=CC=C.Cc1ccncc1-c1ccccc1C1CN(C)Cc2sc(Cl)cc21. The van der Waals surface area contributed by atoms with Crippen LogP contribution in [0.1, 0.15) is 27.5 Å². The normalized spacial score (nSPS) is 15.9. The first-order valence-electron chi connectivity index (χ1n) is 9.25. The van der Waals surface area contributed by atoms with Crippen LogP contribution in [0.5, 0.6) is 0 Å². The number of hydrogen-bond acceptors (Lipinski definition) is 3. The van der Waals surface area contributed by atoms with Gasteiger partial charge in [0.2, 0.25) is 0 Å². The molecule has 1 aliphatic rings. The number of rotatable bonds is 3. The molecule has 0 fully saturated rings. The average molecular weight is 409 g/mol. The Morgan fingerprint density at radius 1 is 1.14 bits per heavy atom. The van der Waals surface area contributed by atoms with Gasteiger partial charge in [-0.2, -0.15) is 0 Å². The van der Waals surface area contributed by atoms with Crippen molar-refractivity contribution in [3.8, 4) is 11.1 Å². The van der Waals surface area contributed by atoms with Crippen LogP contribution in [0.15, 0.2) is 74.1 Å². The number of pyridine rings is 1. The summed E-state index contributed by atoms with van der Waals surface area (Å²) in [6, 6.07) is 12.9. The zero-order valence-corrected chi connectivity index (χ0v) is 17.9. The topological polar surface area (TPSA) is 16.1 Å². The maximum Gasteiger partial charge on any atom is 0.0934 e. The molecule has 3 heterocycles. The van der Waals surface area contributed by atoms with E-state index in [4.69, 9.17) is 11.6 Å². The highest BCUT2D eigenvalue weighted by molar-refractivity contribution is 7.16. The van der Waals surface area contributed by atoms with Gasteiger partial charge in [-0.05, 0) is 48.4 Å². The van der Waals surface area contributed by atoms with E-state index in [2.05, 4.69) is 73.4 Å². The smallest absolute Gasteiger partial charge is 0.0934 e. The molecule has 2 nitrogen and oxygen atoms in total. The Kier molecular flexibility index (Phi) is 6.84. The number of nitrogens with zero attached hydrogens (tertiary/aromatic N) is 2. The van der Waals surface area contributed by atoms with Gasteiger partial charge in [0.15, 0.2) is 0 Å². The van der Waals surface area contributed by atoms with Crippen LogP contribution in [0.25, 0.3) is 11.1 Å². The first kappa shape index (κ1) is 20.5. The maximum atomic E-state index is 6.32. The van der Waals surface area contributed by atoms with Gasteiger partial charge in [0.05, 0.1) is 4.34 Å². The highest BCUT2D eigenvalue weighted by Gasteiger charge is 2.28. The lowest BCUT2D eigenvalue weighted by molar-refractivity contribution is 0.299. The van der Waals surface area contributed by atoms with Crippen molar-refractivity contribution in [2.75, 3.05) is 13.6 Å². The number of allylic oxidation sites excluding steroid dienone is 2. The molecule has 0 spiro atoms. The van der Waals surface area contributed by atoms with E-state index in [-0.39, 0.29) is 0 Å². The number of aryl methyl sites for hydroxylation is 1. The lowest BCUT2D eigenvalue weighted by Crippen LogP contribution is -2.30. The van der Waals surface area contributed by atoms with Crippen molar-refractivity contribution in [2.24, 2.45) is 0 Å². The highest BCUT2D eigenvalue weighted by atomic mass is 35.5. The maximum absolute atomic E-state index is 6.32. The highest BCUT2D eigenvalue weighted by Crippen LogP contribution is 2.42. The summed E-state index contributed by atoms with van der Waals surface area (Å²) in [6.07, 6.45) is 7.11. The molecule has 0 aliphatic carbocycles. The lowest BCUT2D eigenvalue weighted by atomic mass is 9.83. The van der Waals surface area contributed by atoms with Gasteiger partial charge >= 0.3 is 0 Å². The van der Waals surface area contributed by atoms with Gasteiger partial charge in [-0.3, -0.25) is 4.98 Å². The summed E-state index contributed by atoms with van der Waals surface area (Å²) in [5.74, 6) is 0.346. The Balaban J connectivity index is 0.000000516. The zero-order valence-electron chi connectivity index (χ0n) is 16.4. The van der Waals surface area contributed by atoms with E-state index in [1.807, 2.05) is 12.4 Å². The predicted octanol–water partition coefficient (Wildman–Crippen LogP) is 6.71. The number of hydrogen-bond donors (Lipinski definition) is 0. The van der Waals surface area contributed by atoms with Crippen molar-refractivity contribution in [3.63, 3.8) is 0 Å². The van der Waals surface area contributed by atoms with E-state index in [0.717, 1.165) is 17.4 Å². The molecule has 28 heavy (non-hydrogen) atoms. The van der Waals surface area contributed by atoms with Crippen LogP contribution in [0.4, 0.5) is 0 Å². The summed E-state index contributed by atoms with van der Waals surface area (Å²) >= 11 is 8.03. The van der Waals surface area contributed by atoms with Gasteiger partial charge in [0.25, 0.3) is 0 Å². The summed E-state index contributed by atoms with van der Waals surface area (Å²) in [5, 5.41) is 0. The fraction of sp³-hybridized carbons (Fsp3) is 0.208. The van der Waals surface area contributed by atoms with Crippen molar-refractivity contribution in [1.29, 1.82) is 0 Å². The number of benzene rings is 1. The van der Waals surface area contributed by atoms with E-state index in [1.54, 1.807) is 23.5 Å². The Labute approximate surface area is 176 Å². The third-order valence-electron chi connectivity index (χ3n) is 4.93. The quantitative estimate of drug-likeness (QED) is 0.448. The van der Waals surface area contributed by atoms with Crippen LogP contribution in [0.3, 0.4) is 0 Å². The van der Waals surface area contributed by atoms with Crippen LogP contribution >= 0.6 is 22.9 Å². The molecule has 3 aromatic rings. The van der Waals surface area contributed by atoms with Gasteiger partial charge in [-0.1, -0.05) is 61.2 Å². The predicted molar refractivity (Wildman–Crippen MR) is 122 cm³/mol. The summed E-state index contributed by atoms with van der Waals surface area (Å²) < 4.78 is 0.885. The average Bonchev–Trinajstić information content (AvgIpc) is 3.08. The molecule has 2 aromatic heterocycles. The number of fused-ring (bicyclic) bond motifs is 1. The van der Waals surface area contributed by atoms with Crippen LogP contribution in [-0.2, 0) is 6.54 Å². The molecule has 4 heteroatoms. The van der Waals surface area contributed by atoms with E-state index < -0.39 is 0 Å². The molecule has 0 amide bonds. The van der Waals surface area contributed by atoms with Gasteiger partial charge in [-0.15, -0.1) is 11.3 Å². The number of likely N-dealkylation sites (N-methyl/N-ethyl adjacent to an activating group) is 1. The molecule has 1 aliphatic heterocycles. The fourth-order valence-corrected chi connectivity index (χ4v) is 5.03. The molecule has 1 aromatic carbocycles. The van der Waals surface area contributed by atoms with E-state index in [9.17, 15) is 0 Å². The molecule has 1 atom stereocenters. The van der Waals surface area contributed by atoms with Crippen molar-refractivity contribution in [1.82, 2.24) is 9.88 Å². The second-order valence-electron chi connectivity index (χ2n) is 6.93. The van der Waals surface area contributed by atoms with Crippen molar-refractivity contribution >= 4 is 22.9 Å². The molecular formula is C24H25ClN2S. The molecule has 144 valence electrons. The van der Waals surface area contributed by atoms with Gasteiger partial charge in [0, 0.05) is 41.8 Å². The Bertz CT molecular complexity index is 970. The summed E-state index contributed by atoms with van der Waals surface area (Å²) in [7, 11) is 2.18. The van der Waals surface area contributed by atoms with Crippen LogP contribution in [-0.4, -0.2) is 23.5 Å². The largest absolute Gasteiger partial charge is 0.300 e. The fourth-order valence-electron chi connectivity index (χ4n) is 3.61. The Morgan fingerprint density at radius 3 is 2.61 bits per heavy atom. The molecule has 0 radical (unpaired) electrons. The van der Waals surface area contributed by atoms with Crippen molar-refractivity contribution in [3.05, 3.63) is 100 Å². The van der Waals surface area contributed by atoms with E-state index >= 15 is 0 Å². The zero-order chi connectivity index (χ0) is 20.1. The second-order valence-corrected chi connectivity index (χ2v) is 8.70. The molecule has 0 bridgehead atoms. The number of thiophene rings is 1. The standard InChI is InChI=1S/C20H19ClN2S.C4H6/c1-13-7-8-22-10-17(13)14-5-3-4-6-15(14)18-11-23(2)12-19-16(18)9-20(21)24-19;1-3-4-2/h3-10,18H,11-12H2,1-2H3;3-4H,1-2H2. The molecule has 0 saturated heterocycles. The van der Waals surface area contributed by atoms with E-state index in [0.29, 0.717) is 5.92 Å². The molecule has 0 N–H and O–H groups in total. The molecule has 4 rings (SSSR count). The minimum Gasteiger partial charge on any atom is -0.300 e. The number of aromatic nitrogens is 1. The van der Waals surface area contributed by atoms with Crippen molar-refractivity contribution < 1.29 is 0 Å². The third kappa shape index (κ3) is 4.44. The molecular weight excluding hydrogens is 384 g/mol. The monoisotopic (exact) mass is 408 g/mol. The first-order valence-corrected chi connectivity index (χ1v) is 10.4. The van der Waals surface area contributed by atoms with Crippen LogP contribution in [0, 0.1) is 6.92 Å². The Morgan fingerprint density at radius 2 is 1.89 bits per heavy atom. The van der Waals surface area contributed by atoms with Gasteiger partial charge < -0.3 is 4.90 Å². The van der Waals surface area contributed by atoms with E-state index in [1.165, 1.54) is 32.7 Å². The number of halogens is 1. The summed E-state index contributed by atoms with van der Waals surface area (Å²) in [5.41, 5.74) is 6.49. The molecule has 1 unspecified atom stereocenters. The molecule has 0 saturated carbocycles. The van der Waals surface area contributed by atoms with Crippen LogP contribution in [0.2, 0.25) is 4.34 Å². The van der Waals surface area contributed by atoms with Gasteiger partial charge in [0.1, 0.15) is 0 Å². The minimum atomic E-state index is 0.346. The van der Waals surface area contributed by atoms with Crippen molar-refractivity contribution in [2.45, 2.75) is 19.4 Å². The Hall–Kier alpha value is -2.20. The lowest BCUT2D eigenvalue weighted by Gasteiger charge is -2.31. The first-order chi connectivity index (χ1) is 13.5. The summed E-state index contributed by atoms with van der Waals surface area (Å²) in [4.78, 5) is 8.11. The third-order valence-corrected chi connectivity index (χ3v) is 6.19. The van der Waals surface area contributed by atoms with Gasteiger partial charge in [-0.25, -0.2) is 0 Å². The second kappa shape index (κ2) is 9.33. The van der Waals surface area contributed by atoms with Crippen LogP contribution < -0.4 is 0 Å².